The van der Waals surface area contributed by atoms with Crippen LogP contribution in [0.25, 0.3) is 22.5 Å². The van der Waals surface area contributed by atoms with Crippen LogP contribution in [-0.4, -0.2) is 44.8 Å². The number of pyridine rings is 1. The number of carbonyl (C=O) groups is 2. The molecular formula is C23H23N5O4. The van der Waals surface area contributed by atoms with Gasteiger partial charge in [-0.1, -0.05) is 0 Å². The highest BCUT2D eigenvalue weighted by Crippen LogP contribution is 2.26. The van der Waals surface area contributed by atoms with Gasteiger partial charge in [0.1, 0.15) is 11.4 Å². The Hall–Kier alpha value is -4.14. The second-order valence-corrected chi connectivity index (χ2v) is 7.51. The molecule has 0 atom stereocenters. The number of nitrogens with zero attached hydrogens (tertiary/aromatic N) is 3. The van der Waals surface area contributed by atoms with Crippen LogP contribution >= 0.6 is 0 Å². The average Bonchev–Trinajstić information content (AvgIpc) is 3.46. The Morgan fingerprint density at radius 1 is 1.09 bits per heavy atom. The molecule has 0 unspecified atom stereocenters. The first-order valence-electron chi connectivity index (χ1n) is 10.2. The van der Waals surface area contributed by atoms with E-state index in [0.29, 0.717) is 33.6 Å². The number of furan rings is 1. The number of carbonyl (C=O) groups excluding carboxylic acids is 2. The summed E-state index contributed by atoms with van der Waals surface area (Å²) in [7, 11) is 0. The Balaban J connectivity index is 1.49. The Morgan fingerprint density at radius 3 is 2.47 bits per heavy atom. The van der Waals surface area contributed by atoms with Crippen LogP contribution in [0.15, 0.2) is 59.3 Å². The summed E-state index contributed by atoms with van der Waals surface area (Å²) in [6.07, 6.45) is 3.19. The average molecular weight is 433 g/mol. The van der Waals surface area contributed by atoms with Crippen molar-refractivity contribution < 1.29 is 19.1 Å². The molecule has 0 saturated carbocycles. The van der Waals surface area contributed by atoms with E-state index in [9.17, 15) is 14.7 Å². The minimum absolute atomic E-state index is 0.0675. The van der Waals surface area contributed by atoms with Crippen molar-refractivity contribution in [3.05, 3.63) is 66.1 Å². The van der Waals surface area contributed by atoms with E-state index in [1.165, 1.54) is 24.3 Å². The number of aromatic nitrogens is 3. The molecule has 0 aliphatic rings. The summed E-state index contributed by atoms with van der Waals surface area (Å²) in [6.45, 7) is 4.46. The number of nitrogens with one attached hydrogen (secondary N) is 2. The number of benzene rings is 1. The normalized spacial score (nSPS) is 11.1. The summed E-state index contributed by atoms with van der Waals surface area (Å²) in [5.74, 6) is 0.0575. The lowest BCUT2D eigenvalue weighted by molar-refractivity contribution is 0.0928. The minimum Gasteiger partial charge on any atom is -0.508 e. The summed E-state index contributed by atoms with van der Waals surface area (Å²) in [5, 5.41) is 19.9. The van der Waals surface area contributed by atoms with Gasteiger partial charge in [-0.25, -0.2) is 9.67 Å². The SMILES string of the molecule is CC(C)n1ncc2c(C(=O)NCCNC(=O)c3ccc(O)cc3)cc(-c3ccco3)nc21. The van der Waals surface area contributed by atoms with E-state index in [2.05, 4.69) is 20.7 Å². The third-order valence-corrected chi connectivity index (χ3v) is 4.90. The second kappa shape index (κ2) is 8.93. The molecule has 0 spiro atoms. The van der Waals surface area contributed by atoms with Gasteiger partial charge in [0.25, 0.3) is 11.8 Å². The molecule has 4 aromatic rings. The lowest BCUT2D eigenvalue weighted by Crippen LogP contribution is -2.34. The van der Waals surface area contributed by atoms with Gasteiger partial charge in [0.05, 0.1) is 23.4 Å². The Labute approximate surface area is 184 Å². The highest BCUT2D eigenvalue weighted by molar-refractivity contribution is 6.06. The molecule has 0 fully saturated rings. The summed E-state index contributed by atoms with van der Waals surface area (Å²) >= 11 is 0. The van der Waals surface area contributed by atoms with Gasteiger partial charge < -0.3 is 20.2 Å². The number of phenolic OH excluding ortho intramolecular Hbond substituents is 1. The maximum absolute atomic E-state index is 13.0. The van der Waals surface area contributed by atoms with Crippen LogP contribution < -0.4 is 10.6 Å². The molecule has 4 rings (SSSR count). The third-order valence-electron chi connectivity index (χ3n) is 4.90. The first kappa shape index (κ1) is 21.1. The molecule has 0 aliphatic heterocycles. The van der Waals surface area contributed by atoms with Crippen molar-refractivity contribution in [2.75, 3.05) is 13.1 Å². The van der Waals surface area contributed by atoms with Crippen LogP contribution in [0.4, 0.5) is 0 Å². The van der Waals surface area contributed by atoms with Gasteiger partial charge >= 0.3 is 0 Å². The maximum Gasteiger partial charge on any atom is 0.252 e. The fourth-order valence-electron chi connectivity index (χ4n) is 3.30. The van der Waals surface area contributed by atoms with Crippen molar-refractivity contribution in [3.63, 3.8) is 0 Å². The molecule has 9 heteroatoms. The molecule has 164 valence electrons. The van der Waals surface area contributed by atoms with Gasteiger partial charge in [0, 0.05) is 24.7 Å². The van der Waals surface area contributed by atoms with E-state index in [0.717, 1.165) is 0 Å². The van der Waals surface area contributed by atoms with Gasteiger partial charge in [0.15, 0.2) is 11.4 Å². The zero-order valence-electron chi connectivity index (χ0n) is 17.7. The first-order chi connectivity index (χ1) is 15.4. The molecule has 0 saturated heterocycles. The fraction of sp³-hybridized carbons (Fsp3) is 0.217. The predicted octanol–water partition coefficient (Wildman–Crippen LogP) is 3.14. The van der Waals surface area contributed by atoms with E-state index < -0.39 is 0 Å². The first-order valence-corrected chi connectivity index (χ1v) is 10.2. The molecule has 9 nitrogen and oxygen atoms in total. The molecule has 1 aromatic carbocycles. The van der Waals surface area contributed by atoms with E-state index in [1.54, 1.807) is 35.3 Å². The monoisotopic (exact) mass is 433 g/mol. The molecule has 3 heterocycles. The second-order valence-electron chi connectivity index (χ2n) is 7.51. The number of amides is 2. The molecule has 3 N–H and O–H groups in total. The fourth-order valence-corrected chi connectivity index (χ4v) is 3.30. The number of rotatable bonds is 7. The zero-order valence-corrected chi connectivity index (χ0v) is 17.7. The van der Waals surface area contributed by atoms with Gasteiger partial charge in [-0.05, 0) is 56.3 Å². The van der Waals surface area contributed by atoms with Gasteiger partial charge in [-0.15, -0.1) is 0 Å². The van der Waals surface area contributed by atoms with Crippen molar-refractivity contribution in [1.29, 1.82) is 0 Å². The minimum atomic E-state index is -0.299. The topological polar surface area (TPSA) is 122 Å². The number of hydrogen-bond donors (Lipinski definition) is 3. The lowest BCUT2D eigenvalue weighted by Gasteiger charge is -2.11. The van der Waals surface area contributed by atoms with Crippen LogP contribution in [0.5, 0.6) is 5.75 Å². The quantitative estimate of drug-likeness (QED) is 0.385. The van der Waals surface area contributed by atoms with E-state index >= 15 is 0 Å². The molecular weight excluding hydrogens is 410 g/mol. The molecule has 0 bridgehead atoms. The Morgan fingerprint density at radius 2 is 1.81 bits per heavy atom. The maximum atomic E-state index is 13.0. The highest BCUT2D eigenvalue weighted by atomic mass is 16.3. The van der Waals surface area contributed by atoms with Gasteiger partial charge in [-0.2, -0.15) is 5.10 Å². The summed E-state index contributed by atoms with van der Waals surface area (Å²) in [4.78, 5) is 29.8. The molecule has 0 aliphatic carbocycles. The van der Waals surface area contributed by atoms with Crippen molar-refractivity contribution >= 4 is 22.8 Å². The van der Waals surface area contributed by atoms with Gasteiger partial charge in [-0.3, -0.25) is 9.59 Å². The molecule has 2 amide bonds. The summed E-state index contributed by atoms with van der Waals surface area (Å²) < 4.78 is 7.23. The highest BCUT2D eigenvalue weighted by Gasteiger charge is 2.19. The summed E-state index contributed by atoms with van der Waals surface area (Å²) in [6, 6.07) is 11.2. The number of hydrogen-bond acceptors (Lipinski definition) is 6. The Bertz CT molecular complexity index is 1240. The van der Waals surface area contributed by atoms with Crippen molar-refractivity contribution in [2.45, 2.75) is 19.9 Å². The molecule has 0 radical (unpaired) electrons. The van der Waals surface area contributed by atoms with Crippen LogP contribution in [0.1, 0.15) is 40.6 Å². The predicted molar refractivity (Wildman–Crippen MR) is 118 cm³/mol. The number of aromatic hydroxyl groups is 1. The van der Waals surface area contributed by atoms with Crippen LogP contribution in [0, 0.1) is 0 Å². The van der Waals surface area contributed by atoms with E-state index in [4.69, 9.17) is 4.42 Å². The largest absolute Gasteiger partial charge is 0.508 e. The van der Waals surface area contributed by atoms with Gasteiger partial charge in [0.2, 0.25) is 0 Å². The molecule has 3 aromatic heterocycles. The Kier molecular flexibility index (Phi) is 5.89. The van der Waals surface area contributed by atoms with Crippen molar-refractivity contribution in [1.82, 2.24) is 25.4 Å². The third kappa shape index (κ3) is 4.31. The van der Waals surface area contributed by atoms with Crippen LogP contribution in [0.3, 0.4) is 0 Å². The van der Waals surface area contributed by atoms with Crippen LogP contribution in [0.2, 0.25) is 0 Å². The van der Waals surface area contributed by atoms with Crippen LogP contribution in [-0.2, 0) is 0 Å². The number of fused-ring (bicyclic) bond motifs is 1. The lowest BCUT2D eigenvalue weighted by atomic mass is 10.1. The molecule has 32 heavy (non-hydrogen) atoms. The van der Waals surface area contributed by atoms with E-state index in [-0.39, 0.29) is 36.7 Å². The number of phenols is 1. The zero-order chi connectivity index (χ0) is 22.7. The standard InChI is InChI=1S/C23H23N5O4/c1-14(2)28-21-18(13-26-28)17(12-19(27-21)20-4-3-11-32-20)23(31)25-10-9-24-22(30)15-5-7-16(29)8-6-15/h3-8,11-14,29H,9-10H2,1-2H3,(H,24,30)(H,25,31). The smallest absolute Gasteiger partial charge is 0.252 e. The van der Waals surface area contributed by atoms with E-state index in [1.807, 2.05) is 13.8 Å². The van der Waals surface area contributed by atoms with Crippen molar-refractivity contribution in [3.8, 4) is 17.2 Å². The van der Waals surface area contributed by atoms with Crippen molar-refractivity contribution in [2.24, 2.45) is 0 Å². The summed E-state index contributed by atoms with van der Waals surface area (Å²) in [5.41, 5.74) is 1.99.